The molecule has 15 heavy (non-hydrogen) atoms. The van der Waals surface area contributed by atoms with E-state index in [2.05, 4.69) is 18.7 Å². The van der Waals surface area contributed by atoms with Crippen molar-refractivity contribution in [2.75, 3.05) is 13.2 Å². The van der Waals surface area contributed by atoms with Gasteiger partial charge in [-0.05, 0) is 19.8 Å². The Morgan fingerprint density at radius 1 is 1.53 bits per heavy atom. The van der Waals surface area contributed by atoms with Gasteiger partial charge in [-0.15, -0.1) is 0 Å². The van der Waals surface area contributed by atoms with Crippen LogP contribution >= 0.6 is 0 Å². The van der Waals surface area contributed by atoms with E-state index in [4.69, 9.17) is 4.74 Å². The van der Waals surface area contributed by atoms with E-state index in [-0.39, 0.29) is 0 Å². The zero-order valence-corrected chi connectivity index (χ0v) is 9.74. The summed E-state index contributed by atoms with van der Waals surface area (Å²) in [6, 6.07) is 1.02. The Bertz CT molecular complexity index is 242. The molecule has 3 heteroatoms. The van der Waals surface area contributed by atoms with Crippen LogP contribution in [0.15, 0.2) is 0 Å². The molecule has 3 nitrogen and oxygen atoms in total. The highest BCUT2D eigenvalue weighted by atomic mass is 16.5. The fraction of sp³-hybridized carbons (Fsp3) is 0.917. The summed E-state index contributed by atoms with van der Waals surface area (Å²) in [4.78, 5) is 13.8. The molecule has 1 heterocycles. The monoisotopic (exact) mass is 211 g/mol. The van der Waals surface area contributed by atoms with Gasteiger partial charge in [0.1, 0.15) is 5.78 Å². The van der Waals surface area contributed by atoms with Gasteiger partial charge in [0.15, 0.2) is 0 Å². The summed E-state index contributed by atoms with van der Waals surface area (Å²) in [5, 5.41) is 0. The van der Waals surface area contributed by atoms with Gasteiger partial charge in [0.25, 0.3) is 0 Å². The van der Waals surface area contributed by atoms with Gasteiger partial charge in [0.2, 0.25) is 0 Å². The van der Waals surface area contributed by atoms with Gasteiger partial charge >= 0.3 is 0 Å². The van der Waals surface area contributed by atoms with Crippen molar-refractivity contribution in [2.24, 2.45) is 0 Å². The molecule has 2 fully saturated rings. The maximum atomic E-state index is 11.3. The lowest BCUT2D eigenvalue weighted by Gasteiger charge is -2.41. The van der Waals surface area contributed by atoms with Crippen LogP contribution in [-0.2, 0) is 9.53 Å². The molecule has 0 bridgehead atoms. The first-order valence-electron chi connectivity index (χ1n) is 6.09. The molecule has 0 spiro atoms. The molecule has 1 aliphatic carbocycles. The van der Waals surface area contributed by atoms with Crippen molar-refractivity contribution in [3.8, 4) is 0 Å². The number of hydrogen-bond donors (Lipinski definition) is 0. The summed E-state index contributed by atoms with van der Waals surface area (Å²) >= 11 is 0. The Balaban J connectivity index is 2.00. The lowest BCUT2D eigenvalue weighted by Crippen LogP contribution is -2.52. The smallest absolute Gasteiger partial charge is 0.134 e. The Morgan fingerprint density at radius 2 is 2.33 bits per heavy atom. The van der Waals surface area contributed by atoms with Gasteiger partial charge in [-0.25, -0.2) is 0 Å². The van der Waals surface area contributed by atoms with Gasteiger partial charge < -0.3 is 4.74 Å². The Morgan fingerprint density at radius 3 is 2.93 bits per heavy atom. The van der Waals surface area contributed by atoms with Gasteiger partial charge in [-0.2, -0.15) is 0 Å². The highest BCUT2D eigenvalue weighted by Crippen LogP contribution is 2.26. The summed E-state index contributed by atoms with van der Waals surface area (Å²) in [6.45, 7) is 6.16. The van der Waals surface area contributed by atoms with Gasteiger partial charge in [0.05, 0.1) is 12.7 Å². The third-order valence-corrected chi connectivity index (χ3v) is 3.67. The van der Waals surface area contributed by atoms with Crippen LogP contribution in [0.3, 0.4) is 0 Å². The van der Waals surface area contributed by atoms with Crippen LogP contribution in [0.5, 0.6) is 0 Å². The molecule has 2 aliphatic rings. The Kier molecular flexibility index (Phi) is 3.42. The first-order chi connectivity index (χ1) is 7.20. The zero-order valence-electron chi connectivity index (χ0n) is 9.74. The zero-order chi connectivity index (χ0) is 10.8. The average Bonchev–Trinajstić information content (AvgIpc) is 2.65. The number of ketones is 1. The molecule has 1 saturated heterocycles. The van der Waals surface area contributed by atoms with Crippen LogP contribution in [0.4, 0.5) is 0 Å². The molecule has 3 atom stereocenters. The number of carbonyl (C=O) groups excluding carboxylic acids is 1. The molecule has 2 rings (SSSR count). The number of morpholine rings is 1. The highest BCUT2D eigenvalue weighted by molar-refractivity contribution is 5.81. The summed E-state index contributed by atoms with van der Waals surface area (Å²) in [7, 11) is 0. The van der Waals surface area contributed by atoms with Crippen molar-refractivity contribution in [3.63, 3.8) is 0 Å². The van der Waals surface area contributed by atoms with E-state index in [0.29, 0.717) is 24.0 Å². The first-order valence-corrected chi connectivity index (χ1v) is 6.09. The molecule has 0 N–H and O–H groups in total. The van der Waals surface area contributed by atoms with Crippen LogP contribution in [0.2, 0.25) is 0 Å². The van der Waals surface area contributed by atoms with Crippen molar-refractivity contribution < 1.29 is 9.53 Å². The molecular weight excluding hydrogens is 190 g/mol. The number of nitrogens with zero attached hydrogens (tertiary/aromatic N) is 1. The lowest BCUT2D eigenvalue weighted by atomic mass is 10.1. The minimum atomic E-state index is 0.323. The third kappa shape index (κ3) is 2.40. The highest BCUT2D eigenvalue weighted by Gasteiger charge is 2.34. The minimum absolute atomic E-state index is 0.323. The molecule has 3 unspecified atom stereocenters. The standard InChI is InChI=1S/C12H21NO2/c1-3-10-8-15-9(2)7-13(10)11-4-5-12(14)6-11/h9-11H,3-8H2,1-2H3. The van der Waals surface area contributed by atoms with Crippen LogP contribution < -0.4 is 0 Å². The van der Waals surface area contributed by atoms with E-state index >= 15 is 0 Å². The number of Topliss-reactive ketones (excluding diaryl/α,β-unsaturated/α-hetero) is 1. The molecule has 0 aromatic heterocycles. The number of ether oxygens (including phenoxy) is 1. The van der Waals surface area contributed by atoms with E-state index < -0.39 is 0 Å². The van der Waals surface area contributed by atoms with E-state index in [0.717, 1.165) is 38.8 Å². The van der Waals surface area contributed by atoms with Crippen molar-refractivity contribution in [3.05, 3.63) is 0 Å². The largest absolute Gasteiger partial charge is 0.376 e. The lowest BCUT2D eigenvalue weighted by molar-refractivity contribution is -0.118. The topological polar surface area (TPSA) is 29.5 Å². The molecule has 1 saturated carbocycles. The number of hydrogen-bond acceptors (Lipinski definition) is 3. The SMILES string of the molecule is CCC1COC(C)CN1C1CCC(=O)C1. The third-order valence-electron chi connectivity index (χ3n) is 3.67. The van der Waals surface area contributed by atoms with Crippen molar-refractivity contribution >= 4 is 5.78 Å². The van der Waals surface area contributed by atoms with E-state index in [1.165, 1.54) is 0 Å². The fourth-order valence-electron chi connectivity index (χ4n) is 2.75. The molecule has 0 radical (unpaired) electrons. The normalized spacial score (nSPS) is 38.5. The first kappa shape index (κ1) is 11.1. The molecule has 0 aromatic carbocycles. The number of carbonyl (C=O) groups is 1. The molecule has 86 valence electrons. The Labute approximate surface area is 91.8 Å². The second-order valence-corrected chi connectivity index (χ2v) is 4.84. The van der Waals surface area contributed by atoms with E-state index in [9.17, 15) is 4.79 Å². The molecule has 0 aromatic rings. The van der Waals surface area contributed by atoms with Crippen molar-refractivity contribution in [1.29, 1.82) is 0 Å². The quantitative estimate of drug-likeness (QED) is 0.695. The van der Waals surface area contributed by atoms with Crippen LogP contribution in [-0.4, -0.2) is 42.0 Å². The van der Waals surface area contributed by atoms with Crippen molar-refractivity contribution in [2.45, 2.75) is 57.7 Å². The molecule has 0 amide bonds. The average molecular weight is 211 g/mol. The van der Waals surface area contributed by atoms with E-state index in [1.54, 1.807) is 0 Å². The summed E-state index contributed by atoms with van der Waals surface area (Å²) in [6.07, 6.45) is 4.05. The van der Waals surface area contributed by atoms with Gasteiger partial charge in [0, 0.05) is 31.5 Å². The van der Waals surface area contributed by atoms with Gasteiger partial charge in [-0.1, -0.05) is 6.92 Å². The predicted octanol–water partition coefficient (Wildman–Crippen LogP) is 1.61. The maximum Gasteiger partial charge on any atom is 0.134 e. The van der Waals surface area contributed by atoms with Crippen LogP contribution in [0.25, 0.3) is 0 Å². The van der Waals surface area contributed by atoms with Crippen LogP contribution in [0, 0.1) is 0 Å². The van der Waals surface area contributed by atoms with Crippen LogP contribution in [0.1, 0.15) is 39.5 Å². The summed E-state index contributed by atoms with van der Waals surface area (Å²) in [5.74, 6) is 0.439. The fourth-order valence-corrected chi connectivity index (χ4v) is 2.75. The Hall–Kier alpha value is -0.410. The van der Waals surface area contributed by atoms with Gasteiger partial charge in [-0.3, -0.25) is 9.69 Å². The second kappa shape index (κ2) is 4.62. The molecule has 1 aliphatic heterocycles. The number of rotatable bonds is 2. The minimum Gasteiger partial charge on any atom is -0.376 e. The predicted molar refractivity (Wildman–Crippen MR) is 58.8 cm³/mol. The molecular formula is C12H21NO2. The second-order valence-electron chi connectivity index (χ2n) is 4.84. The van der Waals surface area contributed by atoms with Crippen molar-refractivity contribution in [1.82, 2.24) is 4.90 Å². The summed E-state index contributed by atoms with van der Waals surface area (Å²) < 4.78 is 5.67. The summed E-state index contributed by atoms with van der Waals surface area (Å²) in [5.41, 5.74) is 0. The maximum absolute atomic E-state index is 11.3. The van der Waals surface area contributed by atoms with E-state index in [1.807, 2.05) is 0 Å².